The first kappa shape index (κ1) is 10.3. The van der Waals surface area contributed by atoms with Crippen LogP contribution >= 0.6 is 15.9 Å². The van der Waals surface area contributed by atoms with Gasteiger partial charge in [-0.3, -0.25) is 0 Å². The zero-order valence-electron chi connectivity index (χ0n) is 7.97. The van der Waals surface area contributed by atoms with Crippen molar-refractivity contribution in [3.63, 3.8) is 0 Å². The Labute approximate surface area is 88.5 Å². The summed E-state index contributed by atoms with van der Waals surface area (Å²) < 4.78 is 1.14. The molecular formula is C12H13Br. The summed E-state index contributed by atoms with van der Waals surface area (Å²) in [5.74, 6) is 2.80. The molecule has 13 heavy (non-hydrogen) atoms. The minimum atomic E-state index is -0.0656. The topological polar surface area (TPSA) is 0 Å². The van der Waals surface area contributed by atoms with Crippen LogP contribution < -0.4 is 0 Å². The minimum Gasteiger partial charge on any atom is -0.120 e. The predicted octanol–water partition coefficient (Wildman–Crippen LogP) is 3.65. The average molecular weight is 237 g/mol. The van der Waals surface area contributed by atoms with E-state index in [0.717, 1.165) is 10.9 Å². The first-order valence-electron chi connectivity index (χ1n) is 4.26. The first-order valence-corrected chi connectivity index (χ1v) is 5.06. The fraction of sp³-hybridized carbons (Fsp3) is 0.333. The van der Waals surface area contributed by atoms with E-state index in [-0.39, 0.29) is 5.41 Å². The summed E-state index contributed by atoms with van der Waals surface area (Å²) >= 11 is 3.51. The lowest BCUT2D eigenvalue weighted by molar-refractivity contribution is 0.500. The summed E-state index contributed by atoms with van der Waals surface area (Å²) in [6.45, 7) is 4.15. The first-order chi connectivity index (χ1) is 6.05. The molecule has 0 spiro atoms. The third kappa shape index (κ3) is 2.90. The van der Waals surface area contributed by atoms with E-state index in [1.165, 1.54) is 5.56 Å². The van der Waals surface area contributed by atoms with Crippen molar-refractivity contribution in [3.8, 4) is 12.3 Å². The minimum absolute atomic E-state index is 0.0656. The van der Waals surface area contributed by atoms with E-state index in [9.17, 15) is 0 Å². The van der Waals surface area contributed by atoms with Gasteiger partial charge in [0.15, 0.2) is 0 Å². The number of benzene rings is 1. The van der Waals surface area contributed by atoms with Crippen molar-refractivity contribution in [3.05, 3.63) is 34.3 Å². The molecule has 0 aliphatic heterocycles. The van der Waals surface area contributed by atoms with Gasteiger partial charge in [0, 0.05) is 9.89 Å². The summed E-state index contributed by atoms with van der Waals surface area (Å²) in [5.41, 5.74) is 1.20. The summed E-state index contributed by atoms with van der Waals surface area (Å²) in [7, 11) is 0. The lowest BCUT2D eigenvalue weighted by Gasteiger charge is -2.17. The van der Waals surface area contributed by atoms with E-state index >= 15 is 0 Å². The van der Waals surface area contributed by atoms with Crippen LogP contribution in [-0.4, -0.2) is 0 Å². The van der Waals surface area contributed by atoms with Gasteiger partial charge in [-0.2, -0.15) is 0 Å². The number of hydrogen-bond donors (Lipinski definition) is 0. The SMILES string of the molecule is C#CC(C)(C)Cc1ccccc1Br. The van der Waals surface area contributed by atoms with Crippen molar-refractivity contribution >= 4 is 15.9 Å². The third-order valence-corrected chi connectivity index (χ3v) is 2.75. The predicted molar refractivity (Wildman–Crippen MR) is 60.5 cm³/mol. The largest absolute Gasteiger partial charge is 0.120 e. The van der Waals surface area contributed by atoms with Crippen LogP contribution in [0.25, 0.3) is 0 Å². The molecule has 0 aliphatic carbocycles. The van der Waals surface area contributed by atoms with Crippen LogP contribution in [0.2, 0.25) is 0 Å². The van der Waals surface area contributed by atoms with Crippen LogP contribution in [0.1, 0.15) is 19.4 Å². The Morgan fingerprint density at radius 3 is 2.54 bits per heavy atom. The molecule has 0 heterocycles. The molecule has 1 aromatic rings. The zero-order valence-corrected chi connectivity index (χ0v) is 9.56. The molecule has 0 atom stereocenters. The van der Waals surface area contributed by atoms with Gasteiger partial charge >= 0.3 is 0 Å². The molecule has 0 amide bonds. The molecule has 0 saturated heterocycles. The van der Waals surface area contributed by atoms with E-state index in [1.807, 2.05) is 18.2 Å². The van der Waals surface area contributed by atoms with Crippen molar-refractivity contribution in [1.82, 2.24) is 0 Å². The summed E-state index contributed by atoms with van der Waals surface area (Å²) in [5, 5.41) is 0. The Bertz CT molecular complexity index is 331. The third-order valence-electron chi connectivity index (χ3n) is 1.98. The van der Waals surface area contributed by atoms with E-state index in [1.54, 1.807) is 0 Å². The second-order valence-corrected chi connectivity index (χ2v) is 4.65. The van der Waals surface area contributed by atoms with Gasteiger partial charge in [-0.05, 0) is 31.9 Å². The van der Waals surface area contributed by atoms with Crippen LogP contribution in [0.5, 0.6) is 0 Å². The molecular weight excluding hydrogens is 224 g/mol. The van der Waals surface area contributed by atoms with Crippen molar-refractivity contribution in [2.45, 2.75) is 20.3 Å². The van der Waals surface area contributed by atoms with Gasteiger partial charge in [-0.25, -0.2) is 0 Å². The van der Waals surface area contributed by atoms with Gasteiger partial charge in [0.1, 0.15) is 0 Å². The Balaban J connectivity index is 2.88. The maximum absolute atomic E-state index is 5.44. The summed E-state index contributed by atoms with van der Waals surface area (Å²) in [6.07, 6.45) is 6.35. The maximum Gasteiger partial charge on any atom is 0.0296 e. The van der Waals surface area contributed by atoms with Crippen LogP contribution in [-0.2, 0) is 6.42 Å². The van der Waals surface area contributed by atoms with Gasteiger partial charge in [0.2, 0.25) is 0 Å². The van der Waals surface area contributed by atoms with E-state index < -0.39 is 0 Å². The number of terminal acetylenes is 1. The highest BCUT2D eigenvalue weighted by Crippen LogP contribution is 2.25. The molecule has 0 unspecified atom stereocenters. The van der Waals surface area contributed by atoms with Crippen LogP contribution in [0.3, 0.4) is 0 Å². The lowest BCUT2D eigenvalue weighted by Crippen LogP contribution is -2.11. The quantitative estimate of drug-likeness (QED) is 0.688. The molecule has 0 aromatic heterocycles. The van der Waals surface area contributed by atoms with Crippen LogP contribution in [0.4, 0.5) is 0 Å². The molecule has 1 aromatic carbocycles. The molecule has 0 N–H and O–H groups in total. The number of halogens is 1. The fourth-order valence-electron chi connectivity index (χ4n) is 1.17. The van der Waals surface area contributed by atoms with Crippen LogP contribution in [0.15, 0.2) is 28.7 Å². The Hall–Kier alpha value is -0.740. The molecule has 1 rings (SSSR count). The molecule has 0 aliphatic rings. The Morgan fingerprint density at radius 2 is 2.00 bits per heavy atom. The second-order valence-electron chi connectivity index (χ2n) is 3.80. The molecule has 0 radical (unpaired) electrons. The van der Waals surface area contributed by atoms with Crippen molar-refractivity contribution in [2.75, 3.05) is 0 Å². The normalized spacial score (nSPS) is 10.9. The smallest absolute Gasteiger partial charge is 0.0296 e. The fourth-order valence-corrected chi connectivity index (χ4v) is 1.59. The molecule has 0 saturated carbocycles. The Morgan fingerprint density at radius 1 is 1.38 bits per heavy atom. The highest BCUT2D eigenvalue weighted by Gasteiger charge is 2.15. The van der Waals surface area contributed by atoms with Gasteiger partial charge in [0.05, 0.1) is 0 Å². The highest BCUT2D eigenvalue weighted by molar-refractivity contribution is 9.10. The van der Waals surface area contributed by atoms with Gasteiger partial charge in [-0.15, -0.1) is 12.3 Å². The molecule has 0 bridgehead atoms. The molecule has 0 fully saturated rings. The van der Waals surface area contributed by atoms with Crippen LogP contribution in [0, 0.1) is 17.8 Å². The Kier molecular flexibility index (Phi) is 3.17. The zero-order chi connectivity index (χ0) is 9.90. The van der Waals surface area contributed by atoms with E-state index in [0.29, 0.717) is 0 Å². The standard InChI is InChI=1S/C12H13Br/c1-4-12(2,3)9-10-7-5-6-8-11(10)13/h1,5-8H,9H2,2-3H3. The molecule has 0 nitrogen and oxygen atoms in total. The summed E-state index contributed by atoms with van der Waals surface area (Å²) in [6, 6.07) is 8.19. The van der Waals surface area contributed by atoms with Gasteiger partial charge in [-0.1, -0.05) is 34.1 Å². The van der Waals surface area contributed by atoms with Gasteiger partial charge < -0.3 is 0 Å². The highest BCUT2D eigenvalue weighted by atomic mass is 79.9. The lowest BCUT2D eigenvalue weighted by atomic mass is 9.87. The summed E-state index contributed by atoms with van der Waals surface area (Å²) in [4.78, 5) is 0. The average Bonchev–Trinajstić information content (AvgIpc) is 2.09. The number of rotatable bonds is 2. The van der Waals surface area contributed by atoms with E-state index in [4.69, 9.17) is 6.42 Å². The second kappa shape index (κ2) is 3.98. The van der Waals surface area contributed by atoms with Crippen molar-refractivity contribution < 1.29 is 0 Å². The number of hydrogen-bond acceptors (Lipinski definition) is 0. The molecule has 1 heteroatoms. The van der Waals surface area contributed by atoms with E-state index in [2.05, 4.69) is 41.8 Å². The van der Waals surface area contributed by atoms with Crippen molar-refractivity contribution in [2.24, 2.45) is 5.41 Å². The van der Waals surface area contributed by atoms with Gasteiger partial charge in [0.25, 0.3) is 0 Å². The maximum atomic E-state index is 5.44. The van der Waals surface area contributed by atoms with Crippen molar-refractivity contribution in [1.29, 1.82) is 0 Å². The molecule has 68 valence electrons. The monoisotopic (exact) mass is 236 g/mol.